The molecule has 0 aliphatic carbocycles. The van der Waals surface area contributed by atoms with Crippen molar-refractivity contribution in [1.82, 2.24) is 0 Å². The van der Waals surface area contributed by atoms with Crippen molar-refractivity contribution in [3.05, 3.63) is 60.2 Å². The molecule has 0 amide bonds. The van der Waals surface area contributed by atoms with Crippen LogP contribution in [0.1, 0.15) is 153 Å². The van der Waals surface area contributed by atoms with E-state index in [0.717, 1.165) is 0 Å². The molecule has 0 saturated carbocycles. The fourth-order valence-electron chi connectivity index (χ4n) is 5.61. The highest BCUT2D eigenvalue weighted by Gasteiger charge is 2.04. The molecule has 0 N–H and O–H groups in total. The summed E-state index contributed by atoms with van der Waals surface area (Å²) in [6.45, 7) is 6.93. The number of pyridine rings is 2. The highest BCUT2D eigenvalue weighted by Crippen LogP contribution is 2.23. The summed E-state index contributed by atoms with van der Waals surface area (Å²) in [5.41, 5.74) is 2.94. The molecule has 0 aromatic carbocycles. The minimum Gasteiger partial charge on any atom is -0.205 e. The lowest BCUT2D eigenvalue weighted by Gasteiger charge is -2.04. The van der Waals surface area contributed by atoms with E-state index >= 15 is 0 Å². The van der Waals surface area contributed by atoms with E-state index in [9.17, 15) is 0 Å². The summed E-state index contributed by atoms with van der Waals surface area (Å²) in [4.78, 5) is 0. The van der Waals surface area contributed by atoms with Crippen molar-refractivity contribution in [3.8, 4) is 0 Å². The van der Waals surface area contributed by atoms with Gasteiger partial charge in [-0.25, -0.2) is 9.13 Å². The van der Waals surface area contributed by atoms with Gasteiger partial charge in [0.1, 0.15) is 13.1 Å². The molecule has 0 saturated heterocycles. The predicted molar refractivity (Wildman–Crippen MR) is 189 cm³/mol. The first-order valence-electron chi connectivity index (χ1n) is 18.0. The van der Waals surface area contributed by atoms with E-state index in [1.165, 1.54) is 177 Å². The molecule has 2 aromatic heterocycles. The standard InChI is InChI=1S/C38H66N2S2/c1-3-5-7-9-11-13-15-17-19-21-29-39-31-23-37(24-32-39)27-35-41-42-36-28-38-25-33-40(34-26-38)30-22-20-18-16-14-12-10-8-6-4-2/h23-26,31-34H,3-22,27-30,35-36H2,1-2H3/q+2. The molecular formula is C38H66N2S2+2. The van der Waals surface area contributed by atoms with Crippen molar-refractivity contribution >= 4 is 21.6 Å². The van der Waals surface area contributed by atoms with E-state index in [1.54, 1.807) is 0 Å². The summed E-state index contributed by atoms with van der Waals surface area (Å²) in [6, 6.07) is 9.32. The van der Waals surface area contributed by atoms with E-state index in [4.69, 9.17) is 0 Å². The number of nitrogens with zero attached hydrogens (tertiary/aromatic N) is 2. The normalized spacial score (nSPS) is 11.4. The first kappa shape index (κ1) is 37.2. The van der Waals surface area contributed by atoms with E-state index < -0.39 is 0 Å². The molecule has 238 valence electrons. The third-order valence-corrected chi connectivity index (χ3v) is 10.9. The van der Waals surface area contributed by atoms with Crippen molar-refractivity contribution in [3.63, 3.8) is 0 Å². The summed E-state index contributed by atoms with van der Waals surface area (Å²) in [5.74, 6) is 2.39. The van der Waals surface area contributed by atoms with Crippen molar-refractivity contribution in [2.45, 2.75) is 168 Å². The molecule has 0 spiro atoms. The fraction of sp³-hybridized carbons (Fsp3) is 0.737. The van der Waals surface area contributed by atoms with Crippen LogP contribution < -0.4 is 9.13 Å². The molecule has 42 heavy (non-hydrogen) atoms. The quantitative estimate of drug-likeness (QED) is 0.0511. The lowest BCUT2D eigenvalue weighted by Crippen LogP contribution is -2.32. The van der Waals surface area contributed by atoms with E-state index in [0.29, 0.717) is 0 Å². The van der Waals surface area contributed by atoms with Crippen LogP contribution in [0.5, 0.6) is 0 Å². The van der Waals surface area contributed by atoms with Gasteiger partial charge in [-0.3, -0.25) is 0 Å². The topological polar surface area (TPSA) is 7.76 Å². The van der Waals surface area contributed by atoms with Crippen LogP contribution in [-0.2, 0) is 25.9 Å². The molecular weight excluding hydrogens is 549 g/mol. The van der Waals surface area contributed by atoms with Gasteiger partial charge in [0.25, 0.3) is 0 Å². The molecule has 0 bridgehead atoms. The minimum atomic E-state index is 1.17. The van der Waals surface area contributed by atoms with Crippen molar-refractivity contribution in [2.75, 3.05) is 11.5 Å². The zero-order chi connectivity index (χ0) is 29.8. The second-order valence-electron chi connectivity index (χ2n) is 12.4. The van der Waals surface area contributed by atoms with Crippen LogP contribution in [-0.4, -0.2) is 11.5 Å². The van der Waals surface area contributed by atoms with Crippen LogP contribution in [0.15, 0.2) is 49.1 Å². The molecule has 0 unspecified atom stereocenters. The van der Waals surface area contributed by atoms with Gasteiger partial charge in [-0.2, -0.15) is 0 Å². The zero-order valence-corrected chi connectivity index (χ0v) is 29.3. The van der Waals surface area contributed by atoms with Gasteiger partial charge in [-0.1, -0.05) is 138 Å². The van der Waals surface area contributed by atoms with Gasteiger partial charge in [-0.05, 0) is 36.8 Å². The Kier molecular flexibility index (Phi) is 24.4. The molecule has 2 nitrogen and oxygen atoms in total. The largest absolute Gasteiger partial charge is 0.205 e. The number of aryl methyl sites for hydroxylation is 4. The lowest BCUT2D eigenvalue weighted by atomic mass is 10.1. The maximum Gasteiger partial charge on any atom is 0.169 e. The molecule has 0 radical (unpaired) electrons. The second-order valence-corrected chi connectivity index (χ2v) is 15.1. The Labute approximate surface area is 269 Å². The third-order valence-electron chi connectivity index (χ3n) is 8.49. The van der Waals surface area contributed by atoms with Gasteiger partial charge >= 0.3 is 0 Å². The Morgan fingerprint density at radius 1 is 0.405 bits per heavy atom. The highest BCUT2D eigenvalue weighted by molar-refractivity contribution is 8.76. The average molecular weight is 615 g/mol. The van der Waals surface area contributed by atoms with Crippen molar-refractivity contribution in [2.24, 2.45) is 0 Å². The SMILES string of the molecule is CCCCCCCCCCCC[n+]1ccc(CCSSCCc2cc[n+](CCCCCCCCCCCC)cc2)cc1. The molecule has 4 heteroatoms. The smallest absolute Gasteiger partial charge is 0.169 e. The zero-order valence-electron chi connectivity index (χ0n) is 27.7. The molecule has 2 heterocycles. The first-order chi connectivity index (χ1) is 20.8. The van der Waals surface area contributed by atoms with Crippen LogP contribution in [0.4, 0.5) is 0 Å². The fourth-order valence-corrected chi connectivity index (χ4v) is 7.69. The number of rotatable bonds is 29. The van der Waals surface area contributed by atoms with E-state index in [-0.39, 0.29) is 0 Å². The van der Waals surface area contributed by atoms with Gasteiger partial charge < -0.3 is 0 Å². The number of hydrogen-bond donors (Lipinski definition) is 0. The monoisotopic (exact) mass is 614 g/mol. The van der Waals surface area contributed by atoms with Gasteiger partial charge in [0, 0.05) is 48.6 Å². The maximum atomic E-state index is 2.37. The summed E-state index contributed by atoms with van der Waals surface area (Å²) < 4.78 is 4.74. The third kappa shape index (κ3) is 20.8. The van der Waals surface area contributed by atoms with Crippen molar-refractivity contribution in [1.29, 1.82) is 0 Å². The first-order valence-corrected chi connectivity index (χ1v) is 20.5. The van der Waals surface area contributed by atoms with E-state index in [2.05, 4.69) is 72.0 Å². The summed E-state index contributed by atoms with van der Waals surface area (Å²) in [5, 5.41) is 0. The summed E-state index contributed by atoms with van der Waals surface area (Å²) >= 11 is 0. The predicted octanol–water partition coefficient (Wildman–Crippen LogP) is 11.3. The van der Waals surface area contributed by atoms with Gasteiger partial charge in [0.05, 0.1) is 0 Å². The minimum absolute atomic E-state index is 1.17. The Morgan fingerprint density at radius 3 is 1.00 bits per heavy atom. The van der Waals surface area contributed by atoms with Gasteiger partial charge in [0.2, 0.25) is 0 Å². The summed E-state index contributed by atoms with van der Waals surface area (Å²) in [6.07, 6.45) is 39.6. The van der Waals surface area contributed by atoms with Crippen molar-refractivity contribution < 1.29 is 9.13 Å². The van der Waals surface area contributed by atoms with Crippen LogP contribution >= 0.6 is 21.6 Å². The molecule has 2 aromatic rings. The van der Waals surface area contributed by atoms with Crippen LogP contribution in [0.25, 0.3) is 0 Å². The van der Waals surface area contributed by atoms with Crippen LogP contribution in [0.2, 0.25) is 0 Å². The lowest BCUT2D eigenvalue weighted by molar-refractivity contribution is -0.697. The van der Waals surface area contributed by atoms with Crippen LogP contribution in [0.3, 0.4) is 0 Å². The average Bonchev–Trinajstić information content (AvgIpc) is 3.02. The molecule has 2 rings (SSSR count). The number of aromatic nitrogens is 2. The van der Waals surface area contributed by atoms with Gasteiger partial charge in [0.15, 0.2) is 24.8 Å². The van der Waals surface area contributed by atoms with Crippen LogP contribution in [0, 0.1) is 0 Å². The Morgan fingerprint density at radius 2 is 0.690 bits per heavy atom. The molecule has 0 atom stereocenters. The number of hydrogen-bond acceptors (Lipinski definition) is 2. The highest BCUT2D eigenvalue weighted by atomic mass is 33.1. The summed E-state index contributed by atoms with van der Waals surface area (Å²) in [7, 11) is 4.06. The Hall–Kier alpha value is -1.00. The molecule has 0 fully saturated rings. The maximum absolute atomic E-state index is 2.37. The number of unbranched alkanes of at least 4 members (excludes halogenated alkanes) is 18. The Balaban J connectivity index is 1.40. The van der Waals surface area contributed by atoms with E-state index in [1.807, 2.05) is 21.6 Å². The Bertz CT molecular complexity index is 766. The second kappa shape index (κ2) is 27.5. The molecule has 0 aliphatic heterocycles. The van der Waals surface area contributed by atoms with Gasteiger partial charge in [-0.15, -0.1) is 0 Å². The molecule has 0 aliphatic rings.